The Balaban J connectivity index is 2.21. The van der Waals surface area contributed by atoms with Gasteiger partial charge in [-0.25, -0.2) is 4.99 Å². The third-order valence-electron chi connectivity index (χ3n) is 2.51. The molecule has 0 spiro atoms. The van der Waals surface area contributed by atoms with Gasteiger partial charge in [-0.15, -0.1) is 0 Å². The van der Waals surface area contributed by atoms with Crippen LogP contribution >= 0.6 is 11.8 Å². The predicted octanol–water partition coefficient (Wildman–Crippen LogP) is 2.04. The van der Waals surface area contributed by atoms with Crippen LogP contribution in [-0.4, -0.2) is 17.2 Å². The first-order valence-corrected chi connectivity index (χ1v) is 5.63. The van der Waals surface area contributed by atoms with Crippen molar-refractivity contribution < 1.29 is 0 Å². The topological polar surface area (TPSA) is 72.1 Å². The Bertz CT molecular complexity index is 571. The maximum atomic E-state index is 7.82. The minimum atomic E-state index is 0.261. The Morgan fingerprint density at radius 3 is 2.56 bits per heavy atom. The summed E-state index contributed by atoms with van der Waals surface area (Å²) in [6, 6.07) is 7.71. The quantitative estimate of drug-likeness (QED) is 0.635. The molecule has 5 heteroatoms. The van der Waals surface area contributed by atoms with Gasteiger partial charge in [-0.1, -0.05) is 36.0 Å². The van der Waals surface area contributed by atoms with Crippen molar-refractivity contribution in [3.8, 4) is 0 Å². The number of benzene rings is 1. The number of rotatable bonds is 0. The molecule has 16 heavy (non-hydrogen) atoms. The van der Waals surface area contributed by atoms with Crippen molar-refractivity contribution in [1.29, 1.82) is 10.8 Å². The Kier molecular flexibility index (Phi) is 1.94. The smallest absolute Gasteiger partial charge is 0.161 e. The summed E-state index contributed by atoms with van der Waals surface area (Å²) >= 11 is 1.42. The van der Waals surface area contributed by atoms with Crippen LogP contribution in [0.2, 0.25) is 0 Å². The third kappa shape index (κ3) is 1.22. The zero-order valence-corrected chi connectivity index (χ0v) is 9.06. The van der Waals surface area contributed by atoms with E-state index in [9.17, 15) is 0 Å². The SMILES string of the molecule is N=C1N=CSC1=C1NC(=N)c2ccccc21. The van der Waals surface area contributed by atoms with Crippen LogP contribution in [0.1, 0.15) is 11.1 Å². The van der Waals surface area contributed by atoms with Gasteiger partial charge >= 0.3 is 0 Å². The maximum absolute atomic E-state index is 7.82. The van der Waals surface area contributed by atoms with Crippen LogP contribution in [0.15, 0.2) is 34.2 Å². The molecule has 0 saturated carbocycles. The summed E-state index contributed by atoms with van der Waals surface area (Å²) in [6.45, 7) is 0. The lowest BCUT2D eigenvalue weighted by Crippen LogP contribution is -2.14. The van der Waals surface area contributed by atoms with Gasteiger partial charge in [0.1, 0.15) is 5.84 Å². The first-order valence-electron chi connectivity index (χ1n) is 4.75. The lowest BCUT2D eigenvalue weighted by molar-refractivity contribution is 1.30. The average Bonchev–Trinajstić information content (AvgIpc) is 2.84. The van der Waals surface area contributed by atoms with E-state index in [0.29, 0.717) is 5.84 Å². The normalized spacial score (nSPS) is 22.5. The number of thioether (sulfide) groups is 1. The van der Waals surface area contributed by atoms with Gasteiger partial charge < -0.3 is 5.32 Å². The molecule has 2 heterocycles. The molecule has 0 radical (unpaired) electrons. The highest BCUT2D eigenvalue weighted by Crippen LogP contribution is 2.33. The molecule has 2 aliphatic heterocycles. The van der Waals surface area contributed by atoms with Crippen LogP contribution in [-0.2, 0) is 0 Å². The van der Waals surface area contributed by atoms with Crippen LogP contribution in [0.5, 0.6) is 0 Å². The van der Waals surface area contributed by atoms with E-state index in [4.69, 9.17) is 10.8 Å². The second-order valence-corrected chi connectivity index (χ2v) is 4.31. The minimum Gasteiger partial charge on any atom is -0.339 e. The molecule has 0 aromatic heterocycles. The fourth-order valence-electron chi connectivity index (χ4n) is 1.78. The van der Waals surface area contributed by atoms with Crippen molar-refractivity contribution >= 4 is 34.7 Å². The third-order valence-corrected chi connectivity index (χ3v) is 3.35. The zero-order chi connectivity index (χ0) is 11.1. The van der Waals surface area contributed by atoms with Gasteiger partial charge in [0.2, 0.25) is 0 Å². The standard InChI is InChI=1S/C11H8N4S/c12-10-7-4-2-1-3-6(7)8(15-10)9-11(13)14-5-16-9/h1-5,13H,(H2,12,15). The summed E-state index contributed by atoms with van der Waals surface area (Å²) in [7, 11) is 0. The van der Waals surface area contributed by atoms with Gasteiger partial charge in [-0.3, -0.25) is 10.8 Å². The summed E-state index contributed by atoms with van der Waals surface area (Å²) in [5, 5.41) is 18.5. The zero-order valence-electron chi connectivity index (χ0n) is 8.24. The van der Waals surface area contributed by atoms with Crippen molar-refractivity contribution in [1.82, 2.24) is 5.32 Å². The highest BCUT2D eigenvalue weighted by molar-refractivity contribution is 8.17. The number of amidine groups is 2. The molecule has 0 saturated heterocycles. The molecule has 78 valence electrons. The summed E-state index contributed by atoms with van der Waals surface area (Å²) in [6.07, 6.45) is 0. The number of hydrogen-bond donors (Lipinski definition) is 3. The first kappa shape index (κ1) is 9.35. The van der Waals surface area contributed by atoms with E-state index in [0.717, 1.165) is 21.7 Å². The molecule has 0 fully saturated rings. The summed E-state index contributed by atoms with van der Waals surface area (Å²) in [5.41, 5.74) is 4.33. The second-order valence-electron chi connectivity index (χ2n) is 3.45. The lowest BCUT2D eigenvalue weighted by Gasteiger charge is -2.03. The Labute approximate surface area is 96.5 Å². The number of hydrogen-bond acceptors (Lipinski definition) is 3. The van der Waals surface area contributed by atoms with E-state index in [1.807, 2.05) is 24.3 Å². The monoisotopic (exact) mass is 228 g/mol. The molecular weight excluding hydrogens is 220 g/mol. The van der Waals surface area contributed by atoms with Crippen LogP contribution in [0.25, 0.3) is 5.70 Å². The van der Waals surface area contributed by atoms with Crippen molar-refractivity contribution in [2.24, 2.45) is 4.99 Å². The molecule has 0 atom stereocenters. The predicted molar refractivity (Wildman–Crippen MR) is 67.1 cm³/mol. The summed E-state index contributed by atoms with van der Waals surface area (Å²) in [4.78, 5) is 4.70. The maximum Gasteiger partial charge on any atom is 0.161 e. The molecule has 0 amide bonds. The van der Waals surface area contributed by atoms with Crippen LogP contribution in [0, 0.1) is 10.8 Å². The molecule has 1 aromatic rings. The molecule has 4 nitrogen and oxygen atoms in total. The van der Waals surface area contributed by atoms with E-state index in [2.05, 4.69) is 10.3 Å². The van der Waals surface area contributed by atoms with E-state index in [-0.39, 0.29) is 5.84 Å². The molecule has 0 aliphatic carbocycles. The fraction of sp³-hybridized carbons (Fsp3) is 0. The Morgan fingerprint density at radius 2 is 1.88 bits per heavy atom. The van der Waals surface area contributed by atoms with Gasteiger partial charge in [0.25, 0.3) is 0 Å². The van der Waals surface area contributed by atoms with Crippen molar-refractivity contribution in [3.05, 3.63) is 40.3 Å². The van der Waals surface area contributed by atoms with E-state index in [1.165, 1.54) is 11.8 Å². The van der Waals surface area contributed by atoms with Gasteiger partial charge in [0, 0.05) is 11.1 Å². The van der Waals surface area contributed by atoms with Gasteiger partial charge in [-0.2, -0.15) is 0 Å². The molecule has 1 aromatic carbocycles. The highest BCUT2D eigenvalue weighted by Gasteiger charge is 2.26. The fourth-order valence-corrected chi connectivity index (χ4v) is 2.49. The van der Waals surface area contributed by atoms with E-state index in [1.54, 1.807) is 5.55 Å². The summed E-state index contributed by atoms with van der Waals surface area (Å²) < 4.78 is 0. The molecule has 2 aliphatic rings. The largest absolute Gasteiger partial charge is 0.339 e. The molecule has 3 N–H and O–H groups in total. The van der Waals surface area contributed by atoms with Crippen molar-refractivity contribution in [3.63, 3.8) is 0 Å². The number of aliphatic imine (C=N–C) groups is 1. The molecule has 0 bridgehead atoms. The Hall–Kier alpha value is -1.88. The highest BCUT2D eigenvalue weighted by atomic mass is 32.2. The average molecular weight is 228 g/mol. The van der Waals surface area contributed by atoms with Crippen LogP contribution < -0.4 is 5.32 Å². The van der Waals surface area contributed by atoms with E-state index >= 15 is 0 Å². The van der Waals surface area contributed by atoms with Crippen molar-refractivity contribution in [2.75, 3.05) is 0 Å². The van der Waals surface area contributed by atoms with Gasteiger partial charge in [-0.05, 0) is 0 Å². The lowest BCUT2D eigenvalue weighted by atomic mass is 10.1. The molecular formula is C11H8N4S. The van der Waals surface area contributed by atoms with Gasteiger partial charge in [0.15, 0.2) is 5.84 Å². The molecule has 0 unspecified atom stereocenters. The molecule has 3 rings (SSSR count). The van der Waals surface area contributed by atoms with E-state index < -0.39 is 0 Å². The Morgan fingerprint density at radius 1 is 1.12 bits per heavy atom. The first-order chi connectivity index (χ1) is 7.77. The second kappa shape index (κ2) is 3.31. The van der Waals surface area contributed by atoms with Crippen LogP contribution in [0.4, 0.5) is 0 Å². The van der Waals surface area contributed by atoms with Crippen molar-refractivity contribution in [2.45, 2.75) is 0 Å². The van der Waals surface area contributed by atoms with Crippen LogP contribution in [0.3, 0.4) is 0 Å². The van der Waals surface area contributed by atoms with Gasteiger partial charge in [0.05, 0.1) is 16.1 Å². The summed E-state index contributed by atoms with van der Waals surface area (Å²) in [5.74, 6) is 0.649. The number of fused-ring (bicyclic) bond motifs is 1. The number of nitrogens with zero attached hydrogens (tertiary/aromatic N) is 1. The number of nitrogens with one attached hydrogen (secondary N) is 3. The minimum absolute atomic E-state index is 0.261.